The lowest BCUT2D eigenvalue weighted by Crippen LogP contribution is -2.39. The van der Waals surface area contributed by atoms with Crippen molar-refractivity contribution in [3.05, 3.63) is 35.3 Å². The van der Waals surface area contributed by atoms with Gasteiger partial charge >= 0.3 is 11.9 Å². The van der Waals surface area contributed by atoms with Crippen molar-refractivity contribution in [2.24, 2.45) is 5.92 Å². The predicted octanol–water partition coefficient (Wildman–Crippen LogP) is 2.59. The molecule has 1 N–H and O–H groups in total. The second-order valence-corrected chi connectivity index (χ2v) is 6.07. The molecule has 0 saturated carbocycles. The molecule has 1 aromatic carbocycles. The molecule has 0 fully saturated rings. The molecule has 1 atom stereocenters. The predicted molar refractivity (Wildman–Crippen MR) is 80.7 cm³/mol. The minimum Gasteiger partial charge on any atom is -0.474 e. The van der Waals surface area contributed by atoms with Crippen LogP contribution in [-0.2, 0) is 9.59 Å². The summed E-state index contributed by atoms with van der Waals surface area (Å²) in [6.45, 7) is 2.42. The Labute approximate surface area is 125 Å². The molecule has 0 radical (unpaired) electrons. The van der Waals surface area contributed by atoms with Gasteiger partial charge < -0.3 is 10.0 Å². The van der Waals surface area contributed by atoms with Gasteiger partial charge in [-0.1, -0.05) is 19.1 Å². The number of allylic oxidation sites excluding steroid dienone is 1. The van der Waals surface area contributed by atoms with Crippen LogP contribution in [0.3, 0.4) is 0 Å². The van der Waals surface area contributed by atoms with Crippen LogP contribution in [0.25, 0.3) is 15.9 Å². The van der Waals surface area contributed by atoms with E-state index in [2.05, 4.69) is 4.98 Å². The highest BCUT2D eigenvalue weighted by Crippen LogP contribution is 2.30. The number of amides is 1. The number of rotatable bonds is 1. The van der Waals surface area contributed by atoms with E-state index in [1.807, 2.05) is 31.2 Å². The molecule has 108 valence electrons. The van der Waals surface area contributed by atoms with Crippen LogP contribution in [-0.4, -0.2) is 33.4 Å². The molecular weight excluding hydrogens is 288 g/mol. The summed E-state index contributed by atoms with van der Waals surface area (Å²) in [5, 5.41) is 8.99. The second kappa shape index (κ2) is 5.29. The summed E-state index contributed by atoms with van der Waals surface area (Å²) >= 11 is 1.55. The molecule has 21 heavy (non-hydrogen) atoms. The van der Waals surface area contributed by atoms with Gasteiger partial charge in [0, 0.05) is 17.8 Å². The zero-order valence-electron chi connectivity index (χ0n) is 11.4. The number of fused-ring (bicyclic) bond motifs is 1. The molecule has 2 heterocycles. The Bertz CT molecular complexity index is 750. The number of carbonyl (C=O) groups is 2. The lowest BCUT2D eigenvalue weighted by Gasteiger charge is -2.31. The maximum absolute atomic E-state index is 11.9. The number of thiazole rings is 1. The first-order valence-corrected chi connectivity index (χ1v) is 7.53. The van der Waals surface area contributed by atoms with Crippen molar-refractivity contribution in [2.75, 3.05) is 6.54 Å². The van der Waals surface area contributed by atoms with Gasteiger partial charge in [0.25, 0.3) is 0 Å². The van der Waals surface area contributed by atoms with Crippen LogP contribution in [0.4, 0.5) is 0 Å². The normalized spacial score (nSPS) is 18.6. The molecular formula is C15H14N2O3S. The molecule has 1 unspecified atom stereocenters. The minimum absolute atomic E-state index is 0.250. The Kier molecular flexibility index (Phi) is 3.47. The molecule has 0 saturated heterocycles. The van der Waals surface area contributed by atoms with E-state index in [0.29, 0.717) is 12.2 Å². The molecule has 1 aliphatic heterocycles. The Morgan fingerprint density at radius 2 is 2.24 bits per heavy atom. The third kappa shape index (κ3) is 2.54. The fourth-order valence-corrected chi connectivity index (χ4v) is 3.16. The Hall–Kier alpha value is -2.21. The first-order chi connectivity index (χ1) is 10.1. The maximum Gasteiger partial charge on any atom is 0.394 e. The van der Waals surface area contributed by atoms with Crippen LogP contribution in [0.2, 0.25) is 0 Å². The molecule has 0 bridgehead atoms. The molecule has 5 nitrogen and oxygen atoms in total. The average Bonchev–Trinajstić information content (AvgIpc) is 2.93. The summed E-state index contributed by atoms with van der Waals surface area (Å²) in [6, 6.07) is 5.75. The zero-order valence-corrected chi connectivity index (χ0v) is 12.3. The quantitative estimate of drug-likeness (QED) is 0.822. The number of carboxylic acids is 1. The summed E-state index contributed by atoms with van der Waals surface area (Å²) in [7, 11) is 0. The fraction of sp³-hybridized carbons (Fsp3) is 0.267. The SMILES string of the molecule is CC1CC=C(c2ccc3scnc3c2)N(C(=O)C(=O)O)C1. The number of carbonyl (C=O) groups excluding carboxylic acids is 1. The van der Waals surface area contributed by atoms with E-state index in [1.165, 1.54) is 4.90 Å². The van der Waals surface area contributed by atoms with Crippen molar-refractivity contribution in [1.29, 1.82) is 0 Å². The summed E-state index contributed by atoms with van der Waals surface area (Å²) in [6.07, 6.45) is 2.76. The summed E-state index contributed by atoms with van der Waals surface area (Å²) < 4.78 is 1.07. The van der Waals surface area contributed by atoms with Crippen molar-refractivity contribution in [3.63, 3.8) is 0 Å². The number of nitrogens with zero attached hydrogens (tertiary/aromatic N) is 2. The summed E-state index contributed by atoms with van der Waals surface area (Å²) in [4.78, 5) is 28.6. The highest BCUT2D eigenvalue weighted by Gasteiger charge is 2.29. The Morgan fingerprint density at radius 3 is 3.00 bits per heavy atom. The number of hydrogen-bond acceptors (Lipinski definition) is 4. The smallest absolute Gasteiger partial charge is 0.394 e. The monoisotopic (exact) mass is 302 g/mol. The van der Waals surface area contributed by atoms with Gasteiger partial charge in [-0.15, -0.1) is 11.3 Å². The Morgan fingerprint density at radius 1 is 1.43 bits per heavy atom. The molecule has 2 aromatic rings. The van der Waals surface area contributed by atoms with E-state index < -0.39 is 11.9 Å². The van der Waals surface area contributed by atoms with Crippen LogP contribution in [0, 0.1) is 5.92 Å². The standard InChI is InChI=1S/C15H14N2O3S/c1-9-2-4-12(17(7-9)14(18)15(19)20)10-3-5-13-11(6-10)16-8-21-13/h3-6,8-9H,2,7H2,1H3,(H,19,20). The van der Waals surface area contributed by atoms with Crippen LogP contribution >= 0.6 is 11.3 Å². The van der Waals surface area contributed by atoms with Crippen LogP contribution < -0.4 is 0 Å². The lowest BCUT2D eigenvalue weighted by atomic mass is 9.98. The highest BCUT2D eigenvalue weighted by molar-refractivity contribution is 7.16. The van der Waals surface area contributed by atoms with Crippen LogP contribution in [0.15, 0.2) is 29.8 Å². The number of aliphatic carboxylic acids is 1. The van der Waals surface area contributed by atoms with Crippen molar-refractivity contribution < 1.29 is 14.7 Å². The summed E-state index contributed by atoms with van der Waals surface area (Å²) in [5.41, 5.74) is 4.12. The van der Waals surface area contributed by atoms with Gasteiger partial charge in [0.1, 0.15) is 0 Å². The number of benzene rings is 1. The van der Waals surface area contributed by atoms with Crippen molar-refractivity contribution >= 4 is 39.1 Å². The molecule has 1 aromatic heterocycles. The van der Waals surface area contributed by atoms with Gasteiger partial charge in [-0.2, -0.15) is 0 Å². The molecule has 1 aliphatic rings. The maximum atomic E-state index is 11.9. The Balaban J connectivity index is 2.04. The van der Waals surface area contributed by atoms with E-state index in [-0.39, 0.29) is 5.92 Å². The van der Waals surface area contributed by atoms with Gasteiger partial charge in [-0.3, -0.25) is 4.79 Å². The largest absolute Gasteiger partial charge is 0.474 e. The van der Waals surface area contributed by atoms with Gasteiger partial charge in [0.05, 0.1) is 15.7 Å². The van der Waals surface area contributed by atoms with E-state index >= 15 is 0 Å². The van der Waals surface area contributed by atoms with E-state index in [4.69, 9.17) is 5.11 Å². The molecule has 0 aliphatic carbocycles. The third-order valence-electron chi connectivity index (χ3n) is 3.55. The first-order valence-electron chi connectivity index (χ1n) is 6.65. The topological polar surface area (TPSA) is 70.5 Å². The van der Waals surface area contributed by atoms with Gasteiger partial charge in [-0.05, 0) is 24.5 Å². The number of hydrogen-bond donors (Lipinski definition) is 1. The number of carboxylic acid groups (broad SMARTS) is 1. The molecule has 3 rings (SSSR count). The third-order valence-corrected chi connectivity index (χ3v) is 4.36. The van der Waals surface area contributed by atoms with E-state index in [0.717, 1.165) is 22.2 Å². The first kappa shape index (κ1) is 13.8. The number of aromatic nitrogens is 1. The summed E-state index contributed by atoms with van der Waals surface area (Å²) in [5.74, 6) is -2.06. The highest BCUT2D eigenvalue weighted by atomic mass is 32.1. The van der Waals surface area contributed by atoms with Gasteiger partial charge in [-0.25, -0.2) is 9.78 Å². The van der Waals surface area contributed by atoms with Gasteiger partial charge in [0.15, 0.2) is 0 Å². The van der Waals surface area contributed by atoms with Crippen molar-refractivity contribution in [1.82, 2.24) is 9.88 Å². The average molecular weight is 302 g/mol. The zero-order chi connectivity index (χ0) is 15.0. The lowest BCUT2D eigenvalue weighted by molar-refractivity contribution is -0.154. The van der Waals surface area contributed by atoms with Crippen LogP contribution in [0.5, 0.6) is 0 Å². The minimum atomic E-state index is -1.43. The van der Waals surface area contributed by atoms with Crippen molar-refractivity contribution in [2.45, 2.75) is 13.3 Å². The molecule has 6 heteroatoms. The molecule has 0 spiro atoms. The fourth-order valence-electron chi connectivity index (χ4n) is 2.51. The van der Waals surface area contributed by atoms with Crippen LogP contribution in [0.1, 0.15) is 18.9 Å². The second-order valence-electron chi connectivity index (χ2n) is 5.19. The van der Waals surface area contributed by atoms with E-state index in [1.54, 1.807) is 16.8 Å². The van der Waals surface area contributed by atoms with E-state index in [9.17, 15) is 9.59 Å². The molecule has 1 amide bonds. The van der Waals surface area contributed by atoms with Crippen molar-refractivity contribution in [3.8, 4) is 0 Å². The van der Waals surface area contributed by atoms with Gasteiger partial charge in [0.2, 0.25) is 0 Å².